The van der Waals surface area contributed by atoms with E-state index in [1.165, 1.54) is 11.1 Å². The lowest BCUT2D eigenvalue weighted by Crippen LogP contribution is -2.08. The lowest BCUT2D eigenvalue weighted by atomic mass is 10.1. The van der Waals surface area contributed by atoms with Crippen molar-refractivity contribution < 1.29 is 4.74 Å². The van der Waals surface area contributed by atoms with Gasteiger partial charge >= 0.3 is 0 Å². The summed E-state index contributed by atoms with van der Waals surface area (Å²) >= 11 is 5.59. The van der Waals surface area contributed by atoms with Crippen LogP contribution in [0.15, 0.2) is 29.3 Å². The van der Waals surface area contributed by atoms with Gasteiger partial charge in [-0.1, -0.05) is 29.3 Å². The first kappa shape index (κ1) is 13.1. The highest BCUT2D eigenvalue weighted by atomic mass is 35.5. The normalized spacial score (nSPS) is 11.6. The van der Waals surface area contributed by atoms with E-state index in [2.05, 4.69) is 18.3 Å². The summed E-state index contributed by atoms with van der Waals surface area (Å²) in [6, 6.07) is 6.18. The number of halogens is 1. The maximum absolute atomic E-state index is 5.70. The van der Waals surface area contributed by atoms with Crippen molar-refractivity contribution in [3.63, 3.8) is 0 Å². The number of hydrogen-bond donors (Lipinski definition) is 1. The maximum Gasteiger partial charge on any atom is 0.124 e. The number of rotatable bonds is 5. The third-order valence-corrected chi connectivity index (χ3v) is 2.60. The Morgan fingerprint density at radius 1 is 1.50 bits per heavy atom. The smallest absolute Gasteiger partial charge is 0.124 e. The van der Waals surface area contributed by atoms with Crippen LogP contribution in [0.1, 0.15) is 18.1 Å². The van der Waals surface area contributed by atoms with E-state index < -0.39 is 0 Å². The van der Waals surface area contributed by atoms with Crippen molar-refractivity contribution in [3.05, 3.63) is 40.4 Å². The molecule has 0 spiro atoms. The van der Waals surface area contributed by atoms with E-state index in [1.54, 1.807) is 5.54 Å². The van der Waals surface area contributed by atoms with Crippen LogP contribution < -0.4 is 10.1 Å². The molecule has 3 heteroatoms. The summed E-state index contributed by atoms with van der Waals surface area (Å²) < 4.78 is 5.70. The second-order valence-electron chi connectivity index (χ2n) is 3.89. The predicted molar refractivity (Wildman–Crippen MR) is 69.0 cm³/mol. The molecule has 0 amide bonds. The Balaban J connectivity index is 2.77. The van der Waals surface area contributed by atoms with Crippen molar-refractivity contribution in [2.24, 2.45) is 0 Å². The van der Waals surface area contributed by atoms with Crippen LogP contribution in [0.5, 0.6) is 5.75 Å². The zero-order chi connectivity index (χ0) is 12.0. The zero-order valence-electron chi connectivity index (χ0n) is 10.0. The van der Waals surface area contributed by atoms with Crippen LogP contribution in [0, 0.1) is 6.92 Å². The second-order valence-corrected chi connectivity index (χ2v) is 4.10. The van der Waals surface area contributed by atoms with Gasteiger partial charge in [0, 0.05) is 17.6 Å². The van der Waals surface area contributed by atoms with Crippen LogP contribution in [-0.2, 0) is 6.54 Å². The standard InChI is InChI=1S/C13H18ClNO/c1-10-4-5-13(12(6-10)8-15-3)16-9-11(2)7-14/h4-7,15H,8-9H2,1-3H3/b11-7+. The number of hydrogen-bond acceptors (Lipinski definition) is 2. The van der Waals surface area contributed by atoms with E-state index in [4.69, 9.17) is 16.3 Å². The molecule has 1 aromatic rings. The molecule has 0 aliphatic heterocycles. The molecule has 0 bridgehead atoms. The van der Waals surface area contributed by atoms with Gasteiger partial charge in [0.15, 0.2) is 0 Å². The molecule has 1 aromatic carbocycles. The van der Waals surface area contributed by atoms with Gasteiger partial charge in [0.25, 0.3) is 0 Å². The maximum atomic E-state index is 5.70. The Bertz CT molecular complexity index is 374. The molecule has 1 rings (SSSR count). The number of ether oxygens (including phenoxy) is 1. The molecule has 0 radical (unpaired) electrons. The quantitative estimate of drug-likeness (QED) is 0.852. The molecule has 16 heavy (non-hydrogen) atoms. The lowest BCUT2D eigenvalue weighted by molar-refractivity contribution is 0.347. The Morgan fingerprint density at radius 3 is 2.88 bits per heavy atom. The molecule has 0 aliphatic carbocycles. The Hall–Kier alpha value is -0.990. The zero-order valence-corrected chi connectivity index (χ0v) is 10.8. The monoisotopic (exact) mass is 239 g/mol. The number of aryl methyl sites for hydroxylation is 1. The van der Waals surface area contributed by atoms with Crippen LogP contribution in [-0.4, -0.2) is 13.7 Å². The topological polar surface area (TPSA) is 21.3 Å². The molecule has 0 atom stereocenters. The molecule has 0 fully saturated rings. The van der Waals surface area contributed by atoms with Crippen LogP contribution in [0.2, 0.25) is 0 Å². The SMILES string of the molecule is CNCc1cc(C)ccc1OC/C(C)=C/Cl. The third-order valence-electron chi connectivity index (χ3n) is 2.22. The average Bonchev–Trinajstić information content (AvgIpc) is 2.28. The average molecular weight is 240 g/mol. The van der Waals surface area contributed by atoms with Crippen LogP contribution in [0.3, 0.4) is 0 Å². The van der Waals surface area contributed by atoms with Gasteiger partial charge in [0.05, 0.1) is 0 Å². The van der Waals surface area contributed by atoms with Gasteiger partial charge in [-0.2, -0.15) is 0 Å². The van der Waals surface area contributed by atoms with Crippen molar-refractivity contribution in [2.45, 2.75) is 20.4 Å². The van der Waals surface area contributed by atoms with Gasteiger partial charge in [-0.05, 0) is 32.5 Å². The fraction of sp³-hybridized carbons (Fsp3) is 0.385. The van der Waals surface area contributed by atoms with Crippen molar-refractivity contribution in [1.29, 1.82) is 0 Å². The predicted octanol–water partition coefficient (Wildman–Crippen LogP) is 3.24. The minimum Gasteiger partial charge on any atom is -0.489 e. The summed E-state index contributed by atoms with van der Waals surface area (Å²) in [5.74, 6) is 0.915. The van der Waals surface area contributed by atoms with Crippen molar-refractivity contribution in [1.82, 2.24) is 5.32 Å². The van der Waals surface area contributed by atoms with E-state index in [1.807, 2.05) is 26.1 Å². The molecule has 0 aromatic heterocycles. The minimum atomic E-state index is 0.531. The molecule has 0 heterocycles. The summed E-state index contributed by atoms with van der Waals surface area (Å²) in [5, 5.41) is 3.13. The summed E-state index contributed by atoms with van der Waals surface area (Å²) in [7, 11) is 1.93. The van der Waals surface area contributed by atoms with Crippen LogP contribution in [0.25, 0.3) is 0 Å². The van der Waals surface area contributed by atoms with Gasteiger partial charge in [-0.25, -0.2) is 0 Å². The third kappa shape index (κ3) is 3.87. The first-order chi connectivity index (χ1) is 7.67. The highest BCUT2D eigenvalue weighted by Crippen LogP contribution is 2.20. The van der Waals surface area contributed by atoms with Gasteiger partial charge in [0.2, 0.25) is 0 Å². The van der Waals surface area contributed by atoms with E-state index in [9.17, 15) is 0 Å². The molecule has 2 nitrogen and oxygen atoms in total. The van der Waals surface area contributed by atoms with E-state index in [-0.39, 0.29) is 0 Å². The highest BCUT2D eigenvalue weighted by Gasteiger charge is 2.03. The van der Waals surface area contributed by atoms with E-state index >= 15 is 0 Å². The largest absolute Gasteiger partial charge is 0.489 e. The molecule has 1 N–H and O–H groups in total. The fourth-order valence-corrected chi connectivity index (χ4v) is 1.46. The van der Waals surface area contributed by atoms with Gasteiger partial charge < -0.3 is 10.1 Å². The van der Waals surface area contributed by atoms with Crippen molar-refractivity contribution in [3.8, 4) is 5.75 Å². The number of benzene rings is 1. The van der Waals surface area contributed by atoms with Gasteiger partial charge in [0.1, 0.15) is 12.4 Å². The summed E-state index contributed by atoms with van der Waals surface area (Å²) in [4.78, 5) is 0. The van der Waals surface area contributed by atoms with Gasteiger partial charge in [-0.3, -0.25) is 0 Å². The molecular weight excluding hydrogens is 222 g/mol. The van der Waals surface area contributed by atoms with Crippen LogP contribution in [0.4, 0.5) is 0 Å². The summed E-state index contributed by atoms with van der Waals surface area (Å²) in [5.41, 5.74) is 4.97. The first-order valence-electron chi connectivity index (χ1n) is 5.30. The highest BCUT2D eigenvalue weighted by molar-refractivity contribution is 6.25. The molecule has 88 valence electrons. The first-order valence-corrected chi connectivity index (χ1v) is 5.73. The van der Waals surface area contributed by atoms with Crippen molar-refractivity contribution in [2.75, 3.05) is 13.7 Å². The van der Waals surface area contributed by atoms with Crippen molar-refractivity contribution >= 4 is 11.6 Å². The Kier molecular flexibility index (Phi) is 5.36. The lowest BCUT2D eigenvalue weighted by Gasteiger charge is -2.12. The molecular formula is C13H18ClNO. The minimum absolute atomic E-state index is 0.531. The molecule has 0 aliphatic rings. The van der Waals surface area contributed by atoms with E-state index in [0.717, 1.165) is 17.9 Å². The molecule has 0 unspecified atom stereocenters. The summed E-state index contributed by atoms with van der Waals surface area (Å²) in [6.07, 6.45) is 0. The van der Waals surface area contributed by atoms with Crippen LogP contribution >= 0.6 is 11.6 Å². The molecule has 0 saturated carbocycles. The fourth-order valence-electron chi connectivity index (χ4n) is 1.40. The summed E-state index contributed by atoms with van der Waals surface area (Å²) in [6.45, 7) is 5.36. The number of nitrogens with one attached hydrogen (secondary N) is 1. The Labute approximate surface area is 102 Å². The molecule has 0 saturated heterocycles. The Morgan fingerprint density at radius 2 is 2.25 bits per heavy atom. The van der Waals surface area contributed by atoms with E-state index in [0.29, 0.717) is 6.61 Å². The van der Waals surface area contributed by atoms with Gasteiger partial charge in [-0.15, -0.1) is 0 Å². The second kappa shape index (κ2) is 6.56.